The Labute approximate surface area is 265 Å². The van der Waals surface area contributed by atoms with Crippen molar-refractivity contribution >= 4 is 36.7 Å². The number of nitrogens with one attached hydrogen (secondary N) is 1. The lowest BCUT2D eigenvalue weighted by Crippen LogP contribution is -2.47. The molecule has 244 valence electrons. The Morgan fingerprint density at radius 1 is 0.977 bits per heavy atom. The number of nitrogens with zero attached hydrogens (tertiary/aromatic N) is 5. The van der Waals surface area contributed by atoms with E-state index in [1.165, 1.54) is 12.1 Å². The summed E-state index contributed by atoms with van der Waals surface area (Å²) in [5.74, 6) is 1.05. The number of benzene rings is 1. The number of anilines is 1. The fourth-order valence-electron chi connectivity index (χ4n) is 5.55. The number of amides is 1. The van der Waals surface area contributed by atoms with Crippen molar-refractivity contribution in [3.63, 3.8) is 0 Å². The Hall–Kier alpha value is -3.79. The predicted molar refractivity (Wildman–Crippen MR) is 184 cm³/mol. The largest absolute Gasteiger partial charge is 0.387 e. The van der Waals surface area contributed by atoms with Crippen LogP contribution in [0, 0.1) is 6.92 Å². The summed E-state index contributed by atoms with van der Waals surface area (Å²) in [7, 11) is 3.69. The highest BCUT2D eigenvalue weighted by Gasteiger charge is 2.31. The van der Waals surface area contributed by atoms with Gasteiger partial charge >= 0.3 is 0 Å². The van der Waals surface area contributed by atoms with E-state index in [-0.39, 0.29) is 18.0 Å². The number of rotatable bonds is 7. The molecule has 0 bridgehead atoms. The van der Waals surface area contributed by atoms with E-state index in [0.29, 0.717) is 0 Å². The number of allylic oxidation sites excluding steroid dienone is 2. The maximum Gasteiger partial charge on any atom is 0.256 e. The number of likely N-dealkylation sites (tertiary alicyclic amines) is 3. The number of nitrogens with two attached hydrogens (primary N) is 1. The molecular formula is C34H55N7O3. The number of aryl methyl sites for hydroxylation is 1. The van der Waals surface area contributed by atoms with Gasteiger partial charge in [-0.05, 0) is 77.2 Å². The van der Waals surface area contributed by atoms with Gasteiger partial charge in [0.25, 0.3) is 5.91 Å². The zero-order valence-electron chi connectivity index (χ0n) is 28.1. The van der Waals surface area contributed by atoms with Crippen molar-refractivity contribution in [2.45, 2.75) is 78.8 Å². The van der Waals surface area contributed by atoms with Crippen LogP contribution >= 0.6 is 0 Å². The maximum atomic E-state index is 13.8. The predicted octanol–water partition coefficient (Wildman–Crippen LogP) is 4.70. The van der Waals surface area contributed by atoms with Crippen molar-refractivity contribution in [2.24, 2.45) is 15.7 Å². The molecule has 0 radical (unpaired) electrons. The van der Waals surface area contributed by atoms with Crippen molar-refractivity contribution in [3.05, 3.63) is 52.9 Å². The number of hydrogen-bond donors (Lipinski definition) is 2. The SMILES string of the molecule is C=O.C=O.CC.CN=C(/C=C(C)/N=C(/C=C(\C)N1CC[C@H](N)C1)N1CCC1)[C@@H]1CCCCN1C(=O)c1cc(C)ccc1NC. The van der Waals surface area contributed by atoms with E-state index < -0.39 is 0 Å². The van der Waals surface area contributed by atoms with Crippen molar-refractivity contribution < 1.29 is 14.4 Å². The first kappa shape index (κ1) is 38.2. The van der Waals surface area contributed by atoms with Gasteiger partial charge in [0.15, 0.2) is 0 Å². The highest BCUT2D eigenvalue weighted by Crippen LogP contribution is 2.26. The number of hydrogen-bond acceptors (Lipinski definition) is 8. The third-order valence-corrected chi connectivity index (χ3v) is 7.93. The molecule has 1 amide bonds. The van der Waals surface area contributed by atoms with Crippen molar-refractivity contribution in [1.29, 1.82) is 0 Å². The van der Waals surface area contributed by atoms with Crippen molar-refractivity contribution in [1.82, 2.24) is 14.7 Å². The van der Waals surface area contributed by atoms with Gasteiger partial charge in [0.1, 0.15) is 19.4 Å². The molecule has 10 nitrogen and oxygen atoms in total. The Kier molecular flexibility index (Phi) is 17.6. The lowest BCUT2D eigenvalue weighted by atomic mass is 9.95. The summed E-state index contributed by atoms with van der Waals surface area (Å²) in [5, 5.41) is 3.19. The maximum absolute atomic E-state index is 13.8. The van der Waals surface area contributed by atoms with E-state index in [0.717, 1.165) is 92.5 Å². The second kappa shape index (κ2) is 20.2. The summed E-state index contributed by atoms with van der Waals surface area (Å²) in [6.07, 6.45) is 9.48. The molecule has 3 aliphatic heterocycles. The van der Waals surface area contributed by atoms with Crippen LogP contribution in [-0.4, -0.2) is 105 Å². The first-order valence-electron chi connectivity index (χ1n) is 15.6. The van der Waals surface area contributed by atoms with E-state index in [9.17, 15) is 4.79 Å². The fourth-order valence-corrected chi connectivity index (χ4v) is 5.55. The molecule has 0 aliphatic carbocycles. The average Bonchev–Trinajstić information content (AvgIpc) is 3.48. The van der Waals surface area contributed by atoms with E-state index >= 15 is 0 Å². The highest BCUT2D eigenvalue weighted by atomic mass is 16.2. The highest BCUT2D eigenvalue weighted by molar-refractivity contribution is 6.06. The summed E-state index contributed by atoms with van der Waals surface area (Å²) in [4.78, 5) is 46.2. The molecule has 1 aromatic carbocycles. The summed E-state index contributed by atoms with van der Waals surface area (Å²) >= 11 is 0. The summed E-state index contributed by atoms with van der Waals surface area (Å²) in [6.45, 7) is 18.9. The molecule has 3 N–H and O–H groups in total. The van der Waals surface area contributed by atoms with Gasteiger partial charge in [-0.25, -0.2) is 4.99 Å². The second-order valence-electron chi connectivity index (χ2n) is 10.8. The number of carbonyl (C=O) groups excluding carboxylic acids is 3. The first-order valence-corrected chi connectivity index (χ1v) is 15.6. The zero-order chi connectivity index (χ0) is 33.2. The van der Waals surface area contributed by atoms with Gasteiger partial charge in [0.05, 0.1) is 17.3 Å². The normalized spacial score (nSPS) is 20.7. The molecule has 10 heteroatoms. The van der Waals surface area contributed by atoms with Gasteiger partial charge < -0.3 is 35.3 Å². The van der Waals surface area contributed by atoms with Crippen LogP contribution in [0.5, 0.6) is 0 Å². The van der Waals surface area contributed by atoms with Gasteiger partial charge in [-0.15, -0.1) is 0 Å². The lowest BCUT2D eigenvalue weighted by Gasteiger charge is -2.36. The molecule has 0 spiro atoms. The van der Waals surface area contributed by atoms with E-state index in [1.807, 2.05) is 78.5 Å². The van der Waals surface area contributed by atoms with Crippen molar-refractivity contribution in [2.75, 3.05) is 52.1 Å². The van der Waals surface area contributed by atoms with Gasteiger partial charge in [-0.2, -0.15) is 0 Å². The Bertz CT molecular complexity index is 1170. The van der Waals surface area contributed by atoms with Gasteiger partial charge in [-0.3, -0.25) is 9.79 Å². The van der Waals surface area contributed by atoms with E-state index in [1.54, 1.807) is 0 Å². The van der Waals surface area contributed by atoms with Crippen LogP contribution in [0.4, 0.5) is 5.69 Å². The third-order valence-electron chi connectivity index (χ3n) is 7.93. The van der Waals surface area contributed by atoms with E-state index in [4.69, 9.17) is 20.3 Å². The molecule has 4 rings (SSSR count). The lowest BCUT2D eigenvalue weighted by molar-refractivity contribution is -0.0987. The second-order valence-corrected chi connectivity index (χ2v) is 10.8. The quantitative estimate of drug-likeness (QED) is 0.339. The fraction of sp³-hybridized carbons (Fsp3) is 0.559. The molecule has 0 aromatic heterocycles. The molecule has 3 heterocycles. The molecule has 44 heavy (non-hydrogen) atoms. The van der Waals surface area contributed by atoms with Crippen LogP contribution < -0.4 is 11.1 Å². The minimum absolute atomic E-state index is 0.0575. The standard InChI is InChI=1S/C30H45N7O.C2H6.2CH2O/c1-21-10-11-26(32-4)25(17-21)30(38)37-15-7-6-9-28(37)27(33-5)18-22(2)34-29(35-13-8-14-35)19-23(3)36-16-12-24(31)20-36;3*1-2/h10-11,17-19,24,28,32H,6-9,12-16,20,31H2,1-5H3;1-2H3;2*1H2/b22-18+,23-19+,33-27?,34-29-;;;/t24-,28-;;;/m0.../s1. The van der Waals surface area contributed by atoms with Crippen LogP contribution in [0.2, 0.25) is 0 Å². The summed E-state index contributed by atoms with van der Waals surface area (Å²) in [5.41, 5.74) is 11.8. The topological polar surface area (TPSA) is 124 Å². The number of aliphatic imine (C=N–C) groups is 2. The van der Waals surface area contributed by atoms with Gasteiger partial charge in [0.2, 0.25) is 0 Å². The molecule has 3 fully saturated rings. The Balaban J connectivity index is 0.00000152. The Morgan fingerprint density at radius 2 is 1.66 bits per heavy atom. The average molecular weight is 610 g/mol. The van der Waals surface area contributed by atoms with Gasteiger partial charge in [0, 0.05) is 69.9 Å². The minimum Gasteiger partial charge on any atom is -0.387 e. The monoisotopic (exact) mass is 609 g/mol. The van der Waals surface area contributed by atoms with Crippen LogP contribution in [-0.2, 0) is 9.59 Å². The zero-order valence-corrected chi connectivity index (χ0v) is 28.1. The smallest absolute Gasteiger partial charge is 0.256 e. The van der Waals surface area contributed by atoms with Gasteiger partial charge in [-0.1, -0.05) is 25.5 Å². The third kappa shape index (κ3) is 10.4. The van der Waals surface area contributed by atoms with Crippen LogP contribution in [0.15, 0.2) is 51.7 Å². The Morgan fingerprint density at radius 3 is 2.20 bits per heavy atom. The molecule has 3 saturated heterocycles. The number of piperidine rings is 1. The molecule has 2 atom stereocenters. The van der Waals surface area contributed by atoms with Crippen LogP contribution in [0.3, 0.4) is 0 Å². The van der Waals surface area contributed by atoms with Crippen LogP contribution in [0.1, 0.15) is 75.7 Å². The first-order chi connectivity index (χ1) is 21.3. The summed E-state index contributed by atoms with van der Waals surface area (Å²) < 4.78 is 0. The number of carbonyl (C=O) groups is 3. The number of amidine groups is 1. The van der Waals surface area contributed by atoms with Crippen LogP contribution in [0.25, 0.3) is 0 Å². The molecule has 3 aliphatic rings. The molecule has 0 saturated carbocycles. The molecule has 0 unspecified atom stereocenters. The minimum atomic E-state index is -0.0626. The van der Waals surface area contributed by atoms with Crippen molar-refractivity contribution in [3.8, 4) is 0 Å². The molecular weight excluding hydrogens is 554 g/mol. The molecule has 1 aromatic rings. The summed E-state index contributed by atoms with van der Waals surface area (Å²) in [6, 6.07) is 6.18. The van der Waals surface area contributed by atoms with E-state index in [2.05, 4.69) is 39.2 Å².